The monoisotopic (exact) mass is 267 g/mol. The Hall–Kier alpha value is -1.91. The van der Waals surface area contributed by atoms with Gasteiger partial charge in [0, 0.05) is 5.56 Å². The fraction of sp³-hybridized carbons (Fsp3) is 0.429. The van der Waals surface area contributed by atoms with E-state index in [1.165, 1.54) is 18.2 Å². The Kier molecular flexibility index (Phi) is 4.64. The average molecular weight is 267 g/mol. The van der Waals surface area contributed by atoms with Crippen LogP contribution in [0.3, 0.4) is 0 Å². The van der Waals surface area contributed by atoms with E-state index in [-0.39, 0.29) is 18.1 Å². The number of ether oxygens (including phenoxy) is 1. The van der Waals surface area contributed by atoms with Gasteiger partial charge in [-0.1, -0.05) is 0 Å². The van der Waals surface area contributed by atoms with E-state index in [1.807, 2.05) is 0 Å². The zero-order valence-electron chi connectivity index (χ0n) is 11.5. The summed E-state index contributed by atoms with van der Waals surface area (Å²) in [5.41, 5.74) is 0.137. The van der Waals surface area contributed by atoms with Crippen molar-refractivity contribution in [1.82, 2.24) is 5.32 Å². The molecule has 0 fully saturated rings. The summed E-state index contributed by atoms with van der Waals surface area (Å²) in [5.74, 6) is -0.661. The number of ketones is 1. The summed E-state index contributed by atoms with van der Waals surface area (Å²) in [7, 11) is 0. The van der Waals surface area contributed by atoms with Crippen molar-refractivity contribution in [2.45, 2.75) is 33.3 Å². The van der Waals surface area contributed by atoms with Crippen molar-refractivity contribution < 1.29 is 18.7 Å². The van der Waals surface area contributed by atoms with E-state index in [2.05, 4.69) is 5.32 Å². The molecule has 0 saturated heterocycles. The Labute approximate surface area is 112 Å². The van der Waals surface area contributed by atoms with Crippen LogP contribution in [0.4, 0.5) is 9.18 Å². The highest BCUT2D eigenvalue weighted by molar-refractivity contribution is 5.99. The molecule has 1 aromatic carbocycles. The first-order valence-corrected chi connectivity index (χ1v) is 5.95. The highest BCUT2D eigenvalue weighted by atomic mass is 19.1. The summed E-state index contributed by atoms with van der Waals surface area (Å²) >= 11 is 0. The van der Waals surface area contributed by atoms with Crippen LogP contribution in [-0.4, -0.2) is 24.0 Å². The van der Waals surface area contributed by atoms with Gasteiger partial charge in [-0.25, -0.2) is 9.18 Å². The van der Waals surface area contributed by atoms with Crippen molar-refractivity contribution in [3.8, 4) is 0 Å². The summed E-state index contributed by atoms with van der Waals surface area (Å²) in [6, 6.07) is 4.08. The minimum absolute atomic E-state index is 0.181. The van der Waals surface area contributed by atoms with Gasteiger partial charge in [-0.15, -0.1) is 0 Å². The van der Waals surface area contributed by atoms with Crippen LogP contribution in [0.2, 0.25) is 0 Å². The Bertz CT molecular complexity index is 492. The number of hydrogen-bond acceptors (Lipinski definition) is 3. The topological polar surface area (TPSA) is 55.4 Å². The first-order chi connectivity index (χ1) is 8.69. The molecule has 5 heteroatoms. The van der Waals surface area contributed by atoms with Crippen LogP contribution in [0, 0.1) is 12.7 Å². The number of benzene rings is 1. The molecule has 0 aliphatic rings. The van der Waals surface area contributed by atoms with Gasteiger partial charge < -0.3 is 10.1 Å². The van der Waals surface area contributed by atoms with Crippen molar-refractivity contribution in [2.75, 3.05) is 6.54 Å². The molecule has 1 aromatic rings. The van der Waals surface area contributed by atoms with Gasteiger partial charge >= 0.3 is 6.09 Å². The number of Topliss-reactive ketones (excluding diaryl/α,β-unsaturated/α-hetero) is 1. The molecule has 104 valence electrons. The molecule has 0 spiro atoms. The summed E-state index contributed by atoms with van der Waals surface area (Å²) in [6.45, 7) is 6.60. The number of amides is 1. The Morgan fingerprint density at radius 1 is 1.32 bits per heavy atom. The maximum absolute atomic E-state index is 13.1. The maximum Gasteiger partial charge on any atom is 0.408 e. The van der Waals surface area contributed by atoms with Crippen molar-refractivity contribution >= 4 is 11.9 Å². The van der Waals surface area contributed by atoms with E-state index >= 15 is 0 Å². The minimum Gasteiger partial charge on any atom is -0.444 e. The lowest BCUT2D eigenvalue weighted by Crippen LogP contribution is -2.35. The summed E-state index contributed by atoms with van der Waals surface area (Å²) in [6.07, 6.45) is -0.653. The van der Waals surface area contributed by atoms with E-state index in [0.29, 0.717) is 11.1 Å². The van der Waals surface area contributed by atoms with Gasteiger partial charge in [0.2, 0.25) is 0 Å². The summed E-state index contributed by atoms with van der Waals surface area (Å²) < 4.78 is 18.1. The Morgan fingerprint density at radius 2 is 1.95 bits per heavy atom. The molecule has 4 nitrogen and oxygen atoms in total. The molecule has 0 heterocycles. The number of nitrogens with one attached hydrogen (secondary N) is 1. The summed E-state index contributed by atoms with van der Waals surface area (Å²) in [5, 5.41) is 2.37. The van der Waals surface area contributed by atoms with Crippen LogP contribution < -0.4 is 5.32 Å². The molecule has 0 saturated carbocycles. The van der Waals surface area contributed by atoms with Crippen molar-refractivity contribution in [1.29, 1.82) is 0 Å². The number of carbonyl (C=O) groups is 2. The van der Waals surface area contributed by atoms with E-state index in [9.17, 15) is 14.0 Å². The van der Waals surface area contributed by atoms with Crippen LogP contribution in [0.25, 0.3) is 0 Å². The molecule has 1 amide bonds. The number of hydrogen-bond donors (Lipinski definition) is 1. The van der Waals surface area contributed by atoms with E-state index in [1.54, 1.807) is 27.7 Å². The number of rotatable bonds is 3. The third kappa shape index (κ3) is 5.07. The van der Waals surface area contributed by atoms with Crippen molar-refractivity contribution in [3.05, 3.63) is 35.1 Å². The molecule has 0 radical (unpaired) electrons. The molecule has 19 heavy (non-hydrogen) atoms. The number of alkyl carbamates (subject to hydrolysis) is 1. The molecule has 1 N–H and O–H groups in total. The lowest BCUT2D eigenvalue weighted by atomic mass is 10.1. The fourth-order valence-electron chi connectivity index (χ4n) is 1.39. The van der Waals surface area contributed by atoms with E-state index in [4.69, 9.17) is 4.74 Å². The van der Waals surface area contributed by atoms with Gasteiger partial charge in [0.1, 0.15) is 11.4 Å². The van der Waals surface area contributed by atoms with Crippen LogP contribution in [0.5, 0.6) is 0 Å². The van der Waals surface area contributed by atoms with Gasteiger partial charge in [0.25, 0.3) is 0 Å². The highest BCUT2D eigenvalue weighted by Gasteiger charge is 2.17. The number of aryl methyl sites for hydroxylation is 1. The first-order valence-electron chi connectivity index (χ1n) is 5.95. The lowest BCUT2D eigenvalue weighted by molar-refractivity contribution is 0.0520. The molecule has 0 bridgehead atoms. The highest BCUT2D eigenvalue weighted by Crippen LogP contribution is 2.10. The molecule has 0 unspecified atom stereocenters. The smallest absolute Gasteiger partial charge is 0.408 e. The van der Waals surface area contributed by atoms with E-state index in [0.717, 1.165) is 0 Å². The predicted molar refractivity (Wildman–Crippen MR) is 69.7 cm³/mol. The molecule has 1 rings (SSSR count). The third-order valence-electron chi connectivity index (χ3n) is 2.27. The average Bonchev–Trinajstić information content (AvgIpc) is 2.27. The molecule has 0 aliphatic carbocycles. The van der Waals surface area contributed by atoms with Gasteiger partial charge in [0.05, 0.1) is 6.54 Å². The largest absolute Gasteiger partial charge is 0.444 e. The van der Waals surface area contributed by atoms with Crippen LogP contribution in [0.1, 0.15) is 36.7 Å². The van der Waals surface area contributed by atoms with Crippen LogP contribution >= 0.6 is 0 Å². The molecular formula is C14H18FNO3. The molecule has 0 aromatic heterocycles. The van der Waals surface area contributed by atoms with Gasteiger partial charge in [0.15, 0.2) is 5.78 Å². The maximum atomic E-state index is 13.1. The molecular weight excluding hydrogens is 249 g/mol. The van der Waals surface area contributed by atoms with Gasteiger partial charge in [-0.05, 0) is 51.5 Å². The quantitative estimate of drug-likeness (QED) is 0.857. The normalized spacial score (nSPS) is 11.0. The second-order valence-corrected chi connectivity index (χ2v) is 5.24. The first kappa shape index (κ1) is 15.1. The standard InChI is InChI=1S/C14H18FNO3/c1-9-7-10(5-6-11(9)15)12(17)8-16-13(18)19-14(2,3)4/h5-7H,8H2,1-4H3,(H,16,18). The van der Waals surface area contributed by atoms with Crippen molar-refractivity contribution in [2.24, 2.45) is 0 Å². The lowest BCUT2D eigenvalue weighted by Gasteiger charge is -2.19. The van der Waals surface area contributed by atoms with Crippen molar-refractivity contribution in [3.63, 3.8) is 0 Å². The van der Waals surface area contributed by atoms with Gasteiger partial charge in [-0.2, -0.15) is 0 Å². The Morgan fingerprint density at radius 3 is 2.47 bits per heavy atom. The zero-order chi connectivity index (χ0) is 14.6. The Balaban J connectivity index is 2.56. The second kappa shape index (κ2) is 5.82. The SMILES string of the molecule is Cc1cc(C(=O)CNC(=O)OC(C)(C)C)ccc1F. The number of carbonyl (C=O) groups excluding carboxylic acids is 2. The van der Waals surface area contributed by atoms with Crippen LogP contribution in [0.15, 0.2) is 18.2 Å². The van der Waals surface area contributed by atoms with Crippen LogP contribution in [-0.2, 0) is 4.74 Å². The third-order valence-corrected chi connectivity index (χ3v) is 2.27. The number of halogens is 1. The minimum atomic E-state index is -0.653. The second-order valence-electron chi connectivity index (χ2n) is 5.24. The predicted octanol–water partition coefficient (Wildman–Crippen LogP) is 2.84. The van der Waals surface area contributed by atoms with E-state index < -0.39 is 11.7 Å². The molecule has 0 aliphatic heterocycles. The zero-order valence-corrected chi connectivity index (χ0v) is 11.5. The molecule has 0 atom stereocenters. The summed E-state index contributed by atoms with van der Waals surface area (Å²) in [4.78, 5) is 23.2. The fourth-order valence-corrected chi connectivity index (χ4v) is 1.39. The van der Waals surface area contributed by atoms with Gasteiger partial charge in [-0.3, -0.25) is 4.79 Å².